The van der Waals surface area contributed by atoms with E-state index in [2.05, 4.69) is 0 Å². The van der Waals surface area contributed by atoms with E-state index >= 15 is 0 Å². The Bertz CT molecular complexity index is 251. The summed E-state index contributed by atoms with van der Waals surface area (Å²) in [7, 11) is 0. The van der Waals surface area contributed by atoms with E-state index < -0.39 is 17.1 Å². The standard InChI is InChI=1S/C12H22O3S/c1-9(10(13)15-11(2,3)4)12(14)5-7-16-8-6-12/h9,14H,5-8H2,1-4H3. The lowest BCUT2D eigenvalue weighted by atomic mass is 9.83. The minimum absolute atomic E-state index is 0.290. The van der Waals surface area contributed by atoms with E-state index in [4.69, 9.17) is 4.74 Å². The highest BCUT2D eigenvalue weighted by molar-refractivity contribution is 7.99. The van der Waals surface area contributed by atoms with Gasteiger partial charge >= 0.3 is 5.97 Å². The Morgan fingerprint density at radius 1 is 1.38 bits per heavy atom. The summed E-state index contributed by atoms with van der Waals surface area (Å²) in [5, 5.41) is 10.4. The number of hydrogen-bond acceptors (Lipinski definition) is 4. The number of esters is 1. The molecule has 1 unspecified atom stereocenters. The van der Waals surface area contributed by atoms with Crippen LogP contribution < -0.4 is 0 Å². The van der Waals surface area contributed by atoms with Gasteiger partial charge in [0.15, 0.2) is 0 Å². The molecule has 1 rings (SSSR count). The molecule has 3 nitrogen and oxygen atoms in total. The Labute approximate surface area is 102 Å². The van der Waals surface area contributed by atoms with Crippen molar-refractivity contribution >= 4 is 17.7 Å². The first-order valence-corrected chi connectivity index (χ1v) is 6.93. The number of thioether (sulfide) groups is 1. The van der Waals surface area contributed by atoms with Crippen LogP contribution in [0.3, 0.4) is 0 Å². The van der Waals surface area contributed by atoms with Crippen LogP contribution in [-0.2, 0) is 9.53 Å². The number of carbonyl (C=O) groups is 1. The summed E-state index contributed by atoms with van der Waals surface area (Å²) in [6.45, 7) is 7.30. The Morgan fingerprint density at radius 2 is 1.88 bits per heavy atom. The van der Waals surface area contributed by atoms with Crippen molar-refractivity contribution in [3.63, 3.8) is 0 Å². The fourth-order valence-corrected chi connectivity index (χ4v) is 2.97. The largest absolute Gasteiger partial charge is 0.460 e. The van der Waals surface area contributed by atoms with Crippen molar-refractivity contribution < 1.29 is 14.6 Å². The highest BCUT2D eigenvalue weighted by Crippen LogP contribution is 2.34. The number of carbonyl (C=O) groups excluding carboxylic acids is 1. The smallest absolute Gasteiger partial charge is 0.312 e. The van der Waals surface area contributed by atoms with Gasteiger partial charge in [-0.1, -0.05) is 0 Å². The first-order valence-electron chi connectivity index (χ1n) is 5.78. The summed E-state index contributed by atoms with van der Waals surface area (Å²) >= 11 is 1.83. The second-order valence-corrected chi connectivity index (χ2v) is 6.70. The predicted molar refractivity (Wildman–Crippen MR) is 66.5 cm³/mol. The van der Waals surface area contributed by atoms with Crippen molar-refractivity contribution in [1.82, 2.24) is 0 Å². The molecule has 1 aliphatic rings. The molecule has 4 heteroatoms. The maximum absolute atomic E-state index is 11.9. The molecule has 0 spiro atoms. The normalized spacial score (nSPS) is 22.6. The third-order valence-electron chi connectivity index (χ3n) is 2.92. The number of aliphatic hydroxyl groups is 1. The first kappa shape index (κ1) is 13.8. The zero-order valence-electron chi connectivity index (χ0n) is 10.6. The summed E-state index contributed by atoms with van der Waals surface area (Å²) in [6.07, 6.45) is 1.36. The van der Waals surface area contributed by atoms with Gasteiger partial charge in [-0.15, -0.1) is 0 Å². The molecular weight excluding hydrogens is 224 g/mol. The van der Waals surface area contributed by atoms with E-state index in [0.29, 0.717) is 12.8 Å². The lowest BCUT2D eigenvalue weighted by molar-refractivity contribution is -0.169. The van der Waals surface area contributed by atoms with E-state index in [1.165, 1.54) is 0 Å². The quantitative estimate of drug-likeness (QED) is 0.759. The third kappa shape index (κ3) is 3.67. The summed E-state index contributed by atoms with van der Waals surface area (Å²) in [5.41, 5.74) is -1.35. The van der Waals surface area contributed by atoms with Gasteiger partial charge in [-0.2, -0.15) is 11.8 Å². The van der Waals surface area contributed by atoms with Crippen molar-refractivity contribution in [2.24, 2.45) is 5.92 Å². The van der Waals surface area contributed by atoms with E-state index in [-0.39, 0.29) is 5.97 Å². The molecule has 0 radical (unpaired) electrons. The van der Waals surface area contributed by atoms with Crippen LogP contribution in [0.5, 0.6) is 0 Å². The molecule has 1 saturated heterocycles. The van der Waals surface area contributed by atoms with Crippen LogP contribution in [0.2, 0.25) is 0 Å². The van der Waals surface area contributed by atoms with E-state index in [0.717, 1.165) is 11.5 Å². The average molecular weight is 246 g/mol. The molecule has 0 bridgehead atoms. The minimum Gasteiger partial charge on any atom is -0.460 e. The number of rotatable bonds is 2. The molecule has 1 aliphatic heterocycles. The molecule has 1 N–H and O–H groups in total. The van der Waals surface area contributed by atoms with Gasteiger partial charge in [0.25, 0.3) is 0 Å². The van der Waals surface area contributed by atoms with Crippen molar-refractivity contribution in [3.8, 4) is 0 Å². The Morgan fingerprint density at radius 3 is 2.31 bits per heavy atom. The van der Waals surface area contributed by atoms with E-state index in [1.54, 1.807) is 6.92 Å². The van der Waals surface area contributed by atoms with Gasteiger partial charge in [0.1, 0.15) is 5.60 Å². The highest BCUT2D eigenvalue weighted by Gasteiger charge is 2.41. The number of ether oxygens (including phenoxy) is 1. The third-order valence-corrected chi connectivity index (χ3v) is 3.91. The van der Waals surface area contributed by atoms with Crippen LogP contribution in [0, 0.1) is 5.92 Å². The molecule has 0 aromatic rings. The predicted octanol–water partition coefficient (Wildman–Crippen LogP) is 2.22. The Balaban J connectivity index is 2.61. The molecule has 1 heterocycles. The lowest BCUT2D eigenvalue weighted by Crippen LogP contribution is -2.45. The van der Waals surface area contributed by atoms with Crippen LogP contribution in [0.25, 0.3) is 0 Å². The molecule has 1 atom stereocenters. The molecule has 0 aliphatic carbocycles. The van der Waals surface area contributed by atoms with Crippen molar-refractivity contribution in [3.05, 3.63) is 0 Å². The van der Waals surface area contributed by atoms with Crippen molar-refractivity contribution in [2.45, 2.75) is 51.7 Å². The zero-order valence-corrected chi connectivity index (χ0v) is 11.4. The molecule has 1 fully saturated rings. The van der Waals surface area contributed by atoms with Gasteiger partial charge in [0, 0.05) is 0 Å². The molecule has 0 amide bonds. The van der Waals surface area contributed by atoms with Crippen LogP contribution in [0.4, 0.5) is 0 Å². The van der Waals surface area contributed by atoms with Crippen LogP contribution >= 0.6 is 11.8 Å². The van der Waals surface area contributed by atoms with Gasteiger partial charge in [0.2, 0.25) is 0 Å². The fourth-order valence-electron chi connectivity index (χ4n) is 1.77. The molecule has 0 aromatic heterocycles. The fraction of sp³-hybridized carbons (Fsp3) is 0.917. The second kappa shape index (κ2) is 4.96. The zero-order chi connectivity index (χ0) is 12.4. The maximum Gasteiger partial charge on any atom is 0.312 e. The highest BCUT2D eigenvalue weighted by atomic mass is 32.2. The van der Waals surface area contributed by atoms with Crippen molar-refractivity contribution in [2.75, 3.05) is 11.5 Å². The molecule has 16 heavy (non-hydrogen) atoms. The van der Waals surface area contributed by atoms with Crippen LogP contribution in [0.1, 0.15) is 40.5 Å². The summed E-state index contributed by atoms with van der Waals surface area (Å²) < 4.78 is 5.31. The second-order valence-electron chi connectivity index (χ2n) is 5.47. The summed E-state index contributed by atoms with van der Waals surface area (Å²) in [5.74, 6) is 1.11. The van der Waals surface area contributed by atoms with E-state index in [9.17, 15) is 9.90 Å². The molecule has 0 saturated carbocycles. The molecule has 94 valence electrons. The summed E-state index contributed by atoms with van der Waals surface area (Å²) in [6, 6.07) is 0. The Hall–Kier alpha value is -0.220. The van der Waals surface area contributed by atoms with Gasteiger partial charge in [0.05, 0.1) is 11.5 Å². The summed E-state index contributed by atoms with van der Waals surface area (Å²) in [4.78, 5) is 11.9. The van der Waals surface area contributed by atoms with Crippen LogP contribution in [-0.4, -0.2) is 33.8 Å². The molecular formula is C12H22O3S. The Kier molecular flexibility index (Phi) is 4.29. The molecule has 0 aromatic carbocycles. The van der Waals surface area contributed by atoms with Crippen molar-refractivity contribution in [1.29, 1.82) is 0 Å². The van der Waals surface area contributed by atoms with Gasteiger partial charge in [-0.3, -0.25) is 4.79 Å². The number of hydrogen-bond donors (Lipinski definition) is 1. The van der Waals surface area contributed by atoms with Gasteiger partial charge in [-0.05, 0) is 52.0 Å². The lowest BCUT2D eigenvalue weighted by Gasteiger charge is -2.36. The first-order chi connectivity index (χ1) is 7.25. The maximum atomic E-state index is 11.9. The average Bonchev–Trinajstić information content (AvgIpc) is 2.15. The topological polar surface area (TPSA) is 46.5 Å². The monoisotopic (exact) mass is 246 g/mol. The SMILES string of the molecule is CC(C(=O)OC(C)(C)C)C1(O)CCSCC1. The minimum atomic E-state index is -0.867. The van der Waals surface area contributed by atoms with Gasteiger partial charge < -0.3 is 9.84 Å². The van der Waals surface area contributed by atoms with E-state index in [1.807, 2.05) is 32.5 Å². The van der Waals surface area contributed by atoms with Crippen LogP contribution in [0.15, 0.2) is 0 Å². The van der Waals surface area contributed by atoms with Gasteiger partial charge in [-0.25, -0.2) is 0 Å².